The molecule has 5 nitrogen and oxygen atoms in total. The Kier molecular flexibility index (Phi) is 7.59. The van der Waals surface area contributed by atoms with Crippen molar-refractivity contribution in [1.29, 1.82) is 0 Å². The number of nitrogens with one attached hydrogen (secondary N) is 1. The Morgan fingerprint density at radius 2 is 2.00 bits per heavy atom. The second kappa shape index (κ2) is 10.8. The van der Waals surface area contributed by atoms with Crippen LogP contribution < -0.4 is 10.1 Å². The van der Waals surface area contributed by atoms with E-state index in [1.54, 1.807) is 24.4 Å². The summed E-state index contributed by atoms with van der Waals surface area (Å²) in [5, 5.41) is 2.91. The molecule has 1 N–H and O–H groups in total. The summed E-state index contributed by atoms with van der Waals surface area (Å²) in [4.78, 5) is 21.0. The van der Waals surface area contributed by atoms with Crippen LogP contribution in [0.3, 0.4) is 0 Å². The van der Waals surface area contributed by atoms with Crippen molar-refractivity contribution in [3.05, 3.63) is 66.0 Å². The Balaban J connectivity index is 1.48. The Morgan fingerprint density at radius 1 is 1.07 bits per heavy atom. The minimum absolute atomic E-state index is 0.213. The van der Waals surface area contributed by atoms with Crippen molar-refractivity contribution in [2.24, 2.45) is 0 Å². The van der Waals surface area contributed by atoms with Gasteiger partial charge in [-0.25, -0.2) is 4.98 Å². The van der Waals surface area contributed by atoms with E-state index in [1.165, 1.54) is 0 Å². The average Bonchev–Trinajstić information content (AvgIpc) is 2.77. The number of carbonyl (C=O) groups is 1. The number of unbranched alkanes of at least 4 members (excludes halogenated alkanes) is 2. The van der Waals surface area contributed by atoms with Crippen LogP contribution in [0.2, 0.25) is 0 Å². The van der Waals surface area contributed by atoms with Crippen molar-refractivity contribution in [2.75, 3.05) is 6.61 Å². The SMILES string of the molecule is CCC#CCCCCOc1cccc(CNC(=O)c2ccc3ncccc3n2)c1. The molecule has 1 aromatic carbocycles. The summed E-state index contributed by atoms with van der Waals surface area (Å²) in [5.41, 5.74) is 2.83. The van der Waals surface area contributed by atoms with Gasteiger partial charge in [-0.3, -0.25) is 9.78 Å². The first-order valence-electron chi connectivity index (χ1n) is 9.93. The maximum atomic E-state index is 12.4. The summed E-state index contributed by atoms with van der Waals surface area (Å²) in [7, 11) is 0. The van der Waals surface area contributed by atoms with Gasteiger partial charge in [-0.15, -0.1) is 11.8 Å². The molecule has 148 valence electrons. The Bertz CT molecular complexity index is 1020. The standard InChI is InChI=1S/C24H25N3O2/c1-2-3-4-5-6-7-16-29-20-11-8-10-19(17-20)18-26-24(28)23-14-13-21-22(27-23)12-9-15-25-21/h8-15,17H,2,5-7,16,18H2,1H3,(H,26,28). The van der Waals surface area contributed by atoms with Crippen molar-refractivity contribution in [3.63, 3.8) is 0 Å². The summed E-state index contributed by atoms with van der Waals surface area (Å²) >= 11 is 0. The van der Waals surface area contributed by atoms with Gasteiger partial charge in [0.2, 0.25) is 0 Å². The molecule has 2 aromatic heterocycles. The topological polar surface area (TPSA) is 64.1 Å². The number of fused-ring (bicyclic) bond motifs is 1. The molecule has 5 heteroatoms. The first kappa shape index (κ1) is 20.3. The number of pyridine rings is 2. The Labute approximate surface area is 171 Å². The monoisotopic (exact) mass is 387 g/mol. The summed E-state index contributed by atoms with van der Waals surface area (Å²) in [6.07, 6.45) is 5.55. The van der Waals surface area contributed by atoms with Crippen molar-refractivity contribution >= 4 is 16.9 Å². The number of hydrogen-bond acceptors (Lipinski definition) is 4. The molecule has 0 saturated heterocycles. The molecule has 0 fully saturated rings. The fourth-order valence-corrected chi connectivity index (χ4v) is 2.82. The van der Waals surface area contributed by atoms with E-state index < -0.39 is 0 Å². The Morgan fingerprint density at radius 3 is 2.90 bits per heavy atom. The number of carbonyl (C=O) groups excluding carboxylic acids is 1. The van der Waals surface area contributed by atoms with Crippen LogP contribution in [0.15, 0.2) is 54.7 Å². The van der Waals surface area contributed by atoms with Gasteiger partial charge >= 0.3 is 0 Å². The van der Waals surface area contributed by atoms with Crippen LogP contribution in [-0.2, 0) is 6.54 Å². The van der Waals surface area contributed by atoms with Gasteiger partial charge in [-0.2, -0.15) is 0 Å². The second-order valence-electron chi connectivity index (χ2n) is 6.58. The third-order valence-corrected chi connectivity index (χ3v) is 4.31. The fourth-order valence-electron chi connectivity index (χ4n) is 2.82. The molecule has 29 heavy (non-hydrogen) atoms. The highest BCUT2D eigenvalue weighted by molar-refractivity contribution is 5.94. The normalized spacial score (nSPS) is 10.2. The highest BCUT2D eigenvalue weighted by Crippen LogP contribution is 2.14. The third kappa shape index (κ3) is 6.32. The molecule has 2 heterocycles. The highest BCUT2D eigenvalue weighted by atomic mass is 16.5. The average molecular weight is 387 g/mol. The quantitative estimate of drug-likeness (QED) is 0.456. The van der Waals surface area contributed by atoms with Crippen LogP contribution in [0.1, 0.15) is 48.7 Å². The zero-order valence-electron chi connectivity index (χ0n) is 16.6. The van der Waals surface area contributed by atoms with Crippen molar-refractivity contribution in [1.82, 2.24) is 15.3 Å². The van der Waals surface area contributed by atoms with E-state index in [0.717, 1.165) is 42.5 Å². The molecule has 0 aliphatic rings. The van der Waals surface area contributed by atoms with Gasteiger partial charge in [0, 0.05) is 25.6 Å². The van der Waals surface area contributed by atoms with E-state index in [9.17, 15) is 4.79 Å². The van der Waals surface area contributed by atoms with Gasteiger partial charge in [-0.05, 0) is 54.8 Å². The maximum Gasteiger partial charge on any atom is 0.270 e. The fraction of sp³-hybridized carbons (Fsp3) is 0.292. The smallest absolute Gasteiger partial charge is 0.270 e. The summed E-state index contributed by atoms with van der Waals surface area (Å²) in [6, 6.07) is 14.9. The van der Waals surface area contributed by atoms with Crippen LogP contribution in [0.4, 0.5) is 0 Å². The van der Waals surface area contributed by atoms with Crippen molar-refractivity contribution in [3.8, 4) is 17.6 Å². The van der Waals surface area contributed by atoms with Crippen LogP contribution in [0, 0.1) is 11.8 Å². The predicted octanol–water partition coefficient (Wildman–Crippen LogP) is 4.52. The minimum Gasteiger partial charge on any atom is -0.494 e. The van der Waals surface area contributed by atoms with Crippen LogP contribution in [0.25, 0.3) is 11.0 Å². The molecular formula is C24H25N3O2. The second-order valence-corrected chi connectivity index (χ2v) is 6.58. The van der Waals surface area contributed by atoms with E-state index in [2.05, 4.69) is 34.0 Å². The van der Waals surface area contributed by atoms with Crippen LogP contribution in [-0.4, -0.2) is 22.5 Å². The van der Waals surface area contributed by atoms with Crippen LogP contribution in [0.5, 0.6) is 5.75 Å². The number of hydrogen-bond donors (Lipinski definition) is 1. The number of nitrogens with zero attached hydrogens (tertiary/aromatic N) is 2. The van der Waals surface area contributed by atoms with E-state index in [4.69, 9.17) is 4.74 Å². The molecule has 0 atom stereocenters. The summed E-state index contributed by atoms with van der Waals surface area (Å²) in [5.74, 6) is 6.81. The van der Waals surface area contributed by atoms with Gasteiger partial charge in [-0.1, -0.05) is 19.1 Å². The first-order chi connectivity index (χ1) is 14.3. The van der Waals surface area contributed by atoms with Gasteiger partial charge < -0.3 is 10.1 Å². The third-order valence-electron chi connectivity index (χ3n) is 4.31. The molecule has 0 bridgehead atoms. The van der Waals surface area contributed by atoms with Gasteiger partial charge in [0.05, 0.1) is 17.6 Å². The lowest BCUT2D eigenvalue weighted by atomic mass is 10.2. The number of amides is 1. The van der Waals surface area contributed by atoms with Crippen molar-refractivity contribution in [2.45, 2.75) is 39.2 Å². The molecule has 1 amide bonds. The molecule has 0 spiro atoms. The first-order valence-corrected chi connectivity index (χ1v) is 9.93. The minimum atomic E-state index is -0.213. The van der Waals surface area contributed by atoms with E-state index in [-0.39, 0.29) is 5.91 Å². The van der Waals surface area contributed by atoms with Crippen molar-refractivity contribution < 1.29 is 9.53 Å². The lowest BCUT2D eigenvalue weighted by molar-refractivity contribution is 0.0946. The summed E-state index contributed by atoms with van der Waals surface area (Å²) in [6.45, 7) is 3.13. The Hall–Kier alpha value is -3.39. The molecular weight excluding hydrogens is 362 g/mol. The number of ether oxygens (including phenoxy) is 1. The predicted molar refractivity (Wildman–Crippen MR) is 115 cm³/mol. The molecule has 0 aliphatic carbocycles. The molecule has 0 aliphatic heterocycles. The molecule has 0 saturated carbocycles. The lowest BCUT2D eigenvalue weighted by Gasteiger charge is -2.09. The maximum absolute atomic E-state index is 12.4. The number of benzene rings is 1. The number of aromatic nitrogens is 2. The zero-order valence-corrected chi connectivity index (χ0v) is 16.6. The van der Waals surface area contributed by atoms with E-state index in [0.29, 0.717) is 24.4 Å². The largest absolute Gasteiger partial charge is 0.494 e. The molecule has 0 unspecified atom stereocenters. The summed E-state index contributed by atoms with van der Waals surface area (Å²) < 4.78 is 5.81. The van der Waals surface area contributed by atoms with E-state index in [1.807, 2.05) is 30.3 Å². The van der Waals surface area contributed by atoms with Gasteiger partial charge in [0.1, 0.15) is 11.4 Å². The zero-order chi connectivity index (χ0) is 20.3. The highest BCUT2D eigenvalue weighted by Gasteiger charge is 2.08. The van der Waals surface area contributed by atoms with Crippen LogP contribution >= 0.6 is 0 Å². The van der Waals surface area contributed by atoms with Gasteiger partial charge in [0.15, 0.2) is 0 Å². The van der Waals surface area contributed by atoms with Gasteiger partial charge in [0.25, 0.3) is 5.91 Å². The molecule has 0 radical (unpaired) electrons. The molecule has 3 rings (SSSR count). The lowest BCUT2D eigenvalue weighted by Crippen LogP contribution is -2.23. The van der Waals surface area contributed by atoms with E-state index >= 15 is 0 Å². The molecule has 3 aromatic rings. The number of rotatable bonds is 8.